The van der Waals surface area contributed by atoms with Crippen molar-refractivity contribution in [1.29, 1.82) is 0 Å². The number of carbonyl (C=O) groups is 1. The molecule has 2 rings (SSSR count). The number of carbonyl (C=O) groups excluding carboxylic acids is 1. The van der Waals surface area contributed by atoms with Gasteiger partial charge in [-0.3, -0.25) is 9.69 Å². The van der Waals surface area contributed by atoms with Crippen molar-refractivity contribution in [3.63, 3.8) is 0 Å². The Morgan fingerprint density at radius 1 is 1.53 bits per heavy atom. The Bertz CT molecular complexity index is 409. The normalized spacial score (nSPS) is 21.9. The molecule has 1 saturated heterocycles. The molecule has 0 saturated carbocycles. The summed E-state index contributed by atoms with van der Waals surface area (Å²) in [7, 11) is 0. The maximum absolute atomic E-state index is 12.3. The van der Waals surface area contributed by atoms with E-state index in [2.05, 4.69) is 15.5 Å². The summed E-state index contributed by atoms with van der Waals surface area (Å²) in [5.41, 5.74) is 6.60. The van der Waals surface area contributed by atoms with E-state index >= 15 is 0 Å². The number of nitrogens with zero attached hydrogens (tertiary/aromatic N) is 1. The van der Waals surface area contributed by atoms with Crippen LogP contribution in [0, 0.1) is 0 Å². The highest BCUT2D eigenvalue weighted by molar-refractivity contribution is 5.94. The van der Waals surface area contributed by atoms with E-state index in [-0.39, 0.29) is 18.0 Å². The maximum Gasteiger partial charge on any atom is 0.241 e. The zero-order chi connectivity index (χ0) is 13.7. The Kier molecular flexibility index (Phi) is 4.90. The zero-order valence-corrected chi connectivity index (χ0v) is 11.3. The molecule has 1 aromatic rings. The van der Waals surface area contributed by atoms with Gasteiger partial charge in [-0.1, -0.05) is 18.2 Å². The highest BCUT2D eigenvalue weighted by atomic mass is 16.2. The van der Waals surface area contributed by atoms with E-state index in [1.165, 1.54) is 0 Å². The van der Waals surface area contributed by atoms with Crippen LogP contribution in [0.2, 0.25) is 0 Å². The van der Waals surface area contributed by atoms with Gasteiger partial charge in [-0.2, -0.15) is 0 Å². The van der Waals surface area contributed by atoms with Gasteiger partial charge >= 0.3 is 0 Å². The first kappa shape index (κ1) is 14.0. The van der Waals surface area contributed by atoms with Crippen LogP contribution in [0.25, 0.3) is 0 Å². The standard InChI is InChI=1S/C14H22N4O/c1-11(18-8-7-16-10-13(18)9-15)14(19)17-12-5-3-2-4-6-12/h2-6,11,13,16H,7-10,15H2,1H3,(H,17,19). The number of hydrogen-bond acceptors (Lipinski definition) is 4. The molecule has 2 atom stereocenters. The summed E-state index contributed by atoms with van der Waals surface area (Å²) in [5.74, 6) is 0.0200. The molecule has 1 amide bonds. The summed E-state index contributed by atoms with van der Waals surface area (Å²) >= 11 is 0. The third-order valence-corrected chi connectivity index (χ3v) is 3.59. The largest absolute Gasteiger partial charge is 0.329 e. The van der Waals surface area contributed by atoms with Crippen molar-refractivity contribution >= 4 is 11.6 Å². The Morgan fingerprint density at radius 2 is 2.26 bits per heavy atom. The van der Waals surface area contributed by atoms with Crippen molar-refractivity contribution in [2.45, 2.75) is 19.0 Å². The van der Waals surface area contributed by atoms with Gasteiger partial charge in [0, 0.05) is 37.9 Å². The van der Waals surface area contributed by atoms with Crippen LogP contribution < -0.4 is 16.4 Å². The minimum Gasteiger partial charge on any atom is -0.329 e. The van der Waals surface area contributed by atoms with E-state index in [1.807, 2.05) is 37.3 Å². The van der Waals surface area contributed by atoms with Gasteiger partial charge in [0.15, 0.2) is 0 Å². The van der Waals surface area contributed by atoms with Gasteiger partial charge in [0.25, 0.3) is 0 Å². The van der Waals surface area contributed by atoms with E-state index in [0.29, 0.717) is 6.54 Å². The minimum atomic E-state index is -0.171. The summed E-state index contributed by atoms with van der Waals surface area (Å²) in [6.07, 6.45) is 0. The quantitative estimate of drug-likeness (QED) is 0.727. The molecule has 1 fully saturated rings. The van der Waals surface area contributed by atoms with Gasteiger partial charge < -0.3 is 16.4 Å². The third kappa shape index (κ3) is 3.53. The molecule has 104 valence electrons. The van der Waals surface area contributed by atoms with E-state index in [4.69, 9.17) is 5.73 Å². The highest BCUT2D eigenvalue weighted by Crippen LogP contribution is 2.11. The number of piperazine rings is 1. The van der Waals surface area contributed by atoms with Crippen molar-refractivity contribution < 1.29 is 4.79 Å². The second-order valence-corrected chi connectivity index (χ2v) is 4.86. The van der Waals surface area contributed by atoms with Crippen molar-refractivity contribution in [1.82, 2.24) is 10.2 Å². The van der Waals surface area contributed by atoms with Crippen LogP contribution in [0.4, 0.5) is 5.69 Å². The topological polar surface area (TPSA) is 70.4 Å². The van der Waals surface area contributed by atoms with Crippen LogP contribution in [-0.4, -0.2) is 49.1 Å². The molecular formula is C14H22N4O. The molecule has 5 heteroatoms. The molecule has 1 aliphatic heterocycles. The fourth-order valence-electron chi connectivity index (χ4n) is 2.42. The molecule has 1 heterocycles. The fraction of sp³-hybridized carbons (Fsp3) is 0.500. The van der Waals surface area contributed by atoms with Crippen LogP contribution in [-0.2, 0) is 4.79 Å². The van der Waals surface area contributed by atoms with Gasteiger partial charge in [-0.15, -0.1) is 0 Å². The lowest BCUT2D eigenvalue weighted by Crippen LogP contribution is -2.59. The highest BCUT2D eigenvalue weighted by Gasteiger charge is 2.29. The monoisotopic (exact) mass is 262 g/mol. The predicted octanol–water partition coefficient (Wildman–Crippen LogP) is 0.246. The van der Waals surface area contributed by atoms with Crippen molar-refractivity contribution in [3.05, 3.63) is 30.3 Å². The first-order valence-corrected chi connectivity index (χ1v) is 6.75. The predicted molar refractivity (Wildman–Crippen MR) is 77.0 cm³/mol. The SMILES string of the molecule is CC(C(=O)Nc1ccccc1)N1CCNCC1CN. The van der Waals surface area contributed by atoms with Crippen LogP contribution in [0.1, 0.15) is 6.92 Å². The number of hydrogen-bond donors (Lipinski definition) is 3. The molecule has 0 bridgehead atoms. The first-order chi connectivity index (χ1) is 9.22. The van der Waals surface area contributed by atoms with Gasteiger partial charge in [0.2, 0.25) is 5.91 Å². The Morgan fingerprint density at radius 3 is 2.95 bits per heavy atom. The average Bonchev–Trinajstić information content (AvgIpc) is 2.47. The lowest BCUT2D eigenvalue weighted by Gasteiger charge is -2.38. The van der Waals surface area contributed by atoms with E-state index in [0.717, 1.165) is 25.3 Å². The molecule has 5 nitrogen and oxygen atoms in total. The molecular weight excluding hydrogens is 240 g/mol. The van der Waals surface area contributed by atoms with Crippen LogP contribution in [0.15, 0.2) is 30.3 Å². The number of benzene rings is 1. The van der Waals surface area contributed by atoms with Crippen molar-refractivity contribution in [3.8, 4) is 0 Å². The molecule has 19 heavy (non-hydrogen) atoms. The Labute approximate surface area is 114 Å². The van der Waals surface area contributed by atoms with Gasteiger partial charge in [-0.05, 0) is 19.1 Å². The van der Waals surface area contributed by atoms with E-state index in [9.17, 15) is 4.79 Å². The maximum atomic E-state index is 12.3. The second kappa shape index (κ2) is 6.65. The number of anilines is 1. The first-order valence-electron chi connectivity index (χ1n) is 6.75. The number of rotatable bonds is 4. The van der Waals surface area contributed by atoms with Gasteiger partial charge in [0.1, 0.15) is 0 Å². The van der Waals surface area contributed by atoms with E-state index < -0.39 is 0 Å². The number of nitrogens with one attached hydrogen (secondary N) is 2. The summed E-state index contributed by atoms with van der Waals surface area (Å²) in [6.45, 7) is 5.10. The summed E-state index contributed by atoms with van der Waals surface area (Å²) in [5, 5.41) is 6.25. The molecule has 0 spiro atoms. The Hall–Kier alpha value is -1.43. The van der Waals surface area contributed by atoms with Gasteiger partial charge in [0.05, 0.1) is 6.04 Å². The lowest BCUT2D eigenvalue weighted by molar-refractivity contribution is -0.121. The lowest BCUT2D eigenvalue weighted by atomic mass is 10.1. The zero-order valence-electron chi connectivity index (χ0n) is 11.3. The second-order valence-electron chi connectivity index (χ2n) is 4.86. The number of amides is 1. The molecule has 0 aliphatic carbocycles. The van der Waals surface area contributed by atoms with Crippen molar-refractivity contribution in [2.75, 3.05) is 31.5 Å². The molecule has 0 radical (unpaired) electrons. The van der Waals surface area contributed by atoms with Gasteiger partial charge in [-0.25, -0.2) is 0 Å². The summed E-state index contributed by atoms with van der Waals surface area (Å²) in [4.78, 5) is 14.4. The number of para-hydroxylation sites is 1. The molecule has 1 aromatic carbocycles. The summed E-state index contributed by atoms with van der Waals surface area (Å²) < 4.78 is 0. The summed E-state index contributed by atoms with van der Waals surface area (Å²) in [6, 6.07) is 9.59. The molecule has 4 N–H and O–H groups in total. The minimum absolute atomic E-state index is 0.0200. The third-order valence-electron chi connectivity index (χ3n) is 3.59. The van der Waals surface area contributed by atoms with Crippen molar-refractivity contribution in [2.24, 2.45) is 5.73 Å². The molecule has 1 aliphatic rings. The smallest absolute Gasteiger partial charge is 0.241 e. The molecule has 0 aromatic heterocycles. The van der Waals surface area contributed by atoms with E-state index in [1.54, 1.807) is 0 Å². The van der Waals surface area contributed by atoms with Crippen LogP contribution >= 0.6 is 0 Å². The Balaban J connectivity index is 1.98. The van der Waals surface area contributed by atoms with Crippen LogP contribution in [0.5, 0.6) is 0 Å². The fourth-order valence-corrected chi connectivity index (χ4v) is 2.42. The molecule has 2 unspecified atom stereocenters. The average molecular weight is 262 g/mol. The van der Waals surface area contributed by atoms with Crippen LogP contribution in [0.3, 0.4) is 0 Å². The number of nitrogens with two attached hydrogens (primary N) is 1.